The topological polar surface area (TPSA) is 86.8 Å². The molecule has 0 spiro atoms. The van der Waals surface area contributed by atoms with Crippen LogP contribution in [0.15, 0.2) is 77.3 Å². The molecule has 1 saturated carbocycles. The van der Waals surface area contributed by atoms with E-state index in [2.05, 4.69) is 21.2 Å². The fraction of sp³-hybridized carbons (Fsp3) is 0.355. The monoisotopic (exact) mass is 677 g/mol. The number of amides is 2. The third-order valence-corrected chi connectivity index (χ3v) is 9.26. The van der Waals surface area contributed by atoms with Crippen LogP contribution in [0.25, 0.3) is 0 Å². The van der Waals surface area contributed by atoms with Crippen LogP contribution in [-0.2, 0) is 32.6 Å². The number of hydrogen-bond acceptors (Lipinski definition) is 4. The molecule has 1 aliphatic rings. The number of halogens is 3. The summed E-state index contributed by atoms with van der Waals surface area (Å²) in [4.78, 5) is 29.6. The molecule has 0 saturated heterocycles. The maximum atomic E-state index is 14.2. The Kier molecular flexibility index (Phi) is 11.0. The quantitative estimate of drug-likeness (QED) is 0.266. The van der Waals surface area contributed by atoms with Crippen molar-refractivity contribution in [3.05, 3.63) is 99.2 Å². The molecule has 7 nitrogen and oxygen atoms in total. The molecular weight excluding hydrogens is 645 g/mol. The Labute approximate surface area is 260 Å². The third-order valence-electron chi connectivity index (χ3n) is 7.33. The van der Waals surface area contributed by atoms with Gasteiger partial charge in [-0.2, -0.15) is 0 Å². The van der Waals surface area contributed by atoms with Gasteiger partial charge in [-0.05, 0) is 54.3 Å². The van der Waals surface area contributed by atoms with Crippen LogP contribution in [-0.4, -0.2) is 50.0 Å². The number of nitrogens with zero attached hydrogens (tertiary/aromatic N) is 2. The van der Waals surface area contributed by atoms with Gasteiger partial charge in [0.1, 0.15) is 18.4 Å². The van der Waals surface area contributed by atoms with Crippen LogP contribution in [0.2, 0.25) is 5.02 Å². The highest BCUT2D eigenvalue weighted by Crippen LogP contribution is 2.26. The molecular formula is C31H34BrClFN3O4S. The normalized spacial score (nSPS) is 14.7. The molecule has 1 fully saturated rings. The molecule has 1 aliphatic carbocycles. The fourth-order valence-corrected chi connectivity index (χ4v) is 6.65. The lowest BCUT2D eigenvalue weighted by molar-refractivity contribution is -0.140. The summed E-state index contributed by atoms with van der Waals surface area (Å²) < 4.78 is 41.3. The summed E-state index contributed by atoms with van der Waals surface area (Å²) in [5.74, 6) is -1.58. The van der Waals surface area contributed by atoms with Crippen molar-refractivity contribution < 1.29 is 22.4 Å². The Morgan fingerprint density at radius 2 is 1.69 bits per heavy atom. The van der Waals surface area contributed by atoms with Gasteiger partial charge in [0, 0.05) is 23.5 Å². The van der Waals surface area contributed by atoms with Gasteiger partial charge in [0.25, 0.3) is 0 Å². The predicted octanol–water partition coefficient (Wildman–Crippen LogP) is 6.10. The first-order valence-corrected chi connectivity index (χ1v) is 16.8. The molecule has 0 radical (unpaired) electrons. The maximum Gasteiger partial charge on any atom is 0.244 e. The Morgan fingerprint density at radius 1 is 1.00 bits per heavy atom. The highest BCUT2D eigenvalue weighted by atomic mass is 79.9. The van der Waals surface area contributed by atoms with E-state index >= 15 is 0 Å². The van der Waals surface area contributed by atoms with Crippen molar-refractivity contribution >= 4 is 55.1 Å². The smallest absolute Gasteiger partial charge is 0.244 e. The molecule has 0 heterocycles. The zero-order valence-electron chi connectivity index (χ0n) is 23.3. The van der Waals surface area contributed by atoms with Crippen LogP contribution in [0.4, 0.5) is 10.1 Å². The van der Waals surface area contributed by atoms with Crippen molar-refractivity contribution in [3.8, 4) is 0 Å². The molecule has 1 atom stereocenters. The van der Waals surface area contributed by atoms with Gasteiger partial charge in [-0.25, -0.2) is 12.8 Å². The first-order chi connectivity index (χ1) is 20.0. The highest BCUT2D eigenvalue weighted by molar-refractivity contribution is 9.10. The number of rotatable bonds is 11. The number of benzene rings is 3. The molecule has 0 aliphatic heterocycles. The second-order valence-corrected chi connectivity index (χ2v) is 13.8. The molecule has 1 unspecified atom stereocenters. The number of sulfonamides is 1. The number of nitrogens with one attached hydrogen (secondary N) is 1. The summed E-state index contributed by atoms with van der Waals surface area (Å²) in [7, 11) is -3.99. The van der Waals surface area contributed by atoms with E-state index in [4.69, 9.17) is 11.6 Å². The van der Waals surface area contributed by atoms with E-state index in [1.807, 2.05) is 54.6 Å². The Bertz CT molecular complexity index is 1500. The fourth-order valence-electron chi connectivity index (χ4n) is 5.18. The number of carbonyl (C=O) groups is 2. The van der Waals surface area contributed by atoms with Crippen molar-refractivity contribution in [2.45, 2.75) is 57.2 Å². The van der Waals surface area contributed by atoms with Crippen molar-refractivity contribution in [3.63, 3.8) is 0 Å². The maximum absolute atomic E-state index is 14.2. The zero-order valence-corrected chi connectivity index (χ0v) is 26.5. The number of hydrogen-bond donors (Lipinski definition) is 1. The van der Waals surface area contributed by atoms with Crippen LogP contribution in [0.5, 0.6) is 0 Å². The number of carbonyl (C=O) groups excluding carboxylic acids is 2. The summed E-state index contributed by atoms with van der Waals surface area (Å²) in [5, 5.41) is 2.90. The van der Waals surface area contributed by atoms with Crippen LogP contribution in [0.1, 0.15) is 43.2 Å². The van der Waals surface area contributed by atoms with E-state index in [1.54, 1.807) is 0 Å². The summed E-state index contributed by atoms with van der Waals surface area (Å²) in [6, 6.07) is 19.4. The van der Waals surface area contributed by atoms with Crippen LogP contribution in [0.3, 0.4) is 0 Å². The summed E-state index contributed by atoms with van der Waals surface area (Å²) in [6.45, 7) is -0.535. The molecule has 3 aromatic carbocycles. The van der Waals surface area contributed by atoms with Gasteiger partial charge in [-0.3, -0.25) is 13.9 Å². The molecule has 11 heteroatoms. The molecule has 3 aromatic rings. The molecule has 0 aromatic heterocycles. The van der Waals surface area contributed by atoms with Gasteiger partial charge in [-0.15, -0.1) is 0 Å². The first kappa shape index (κ1) is 32.0. The van der Waals surface area contributed by atoms with Crippen molar-refractivity contribution in [1.29, 1.82) is 0 Å². The third kappa shape index (κ3) is 8.78. The zero-order chi connectivity index (χ0) is 30.3. The average Bonchev–Trinajstić information content (AvgIpc) is 2.95. The predicted molar refractivity (Wildman–Crippen MR) is 167 cm³/mol. The average molecular weight is 679 g/mol. The van der Waals surface area contributed by atoms with E-state index < -0.39 is 34.3 Å². The Hall–Kier alpha value is -2.95. The van der Waals surface area contributed by atoms with Gasteiger partial charge < -0.3 is 10.2 Å². The summed E-state index contributed by atoms with van der Waals surface area (Å²) >= 11 is 9.43. The molecule has 2 amide bonds. The molecule has 0 bridgehead atoms. The SMILES string of the molecule is CS(=O)(=O)N(CC(=O)N(Cc1cccc(Br)c1)C(Cc1ccccc1)C(=O)NC1CCCCC1)c1ccc(F)c(Cl)c1. The molecule has 42 heavy (non-hydrogen) atoms. The molecule has 224 valence electrons. The van der Waals surface area contributed by atoms with Crippen LogP contribution >= 0.6 is 27.5 Å². The van der Waals surface area contributed by atoms with Crippen molar-refractivity contribution in [2.75, 3.05) is 17.1 Å². The van der Waals surface area contributed by atoms with Crippen molar-refractivity contribution in [2.24, 2.45) is 0 Å². The lowest BCUT2D eigenvalue weighted by Gasteiger charge is -2.35. The summed E-state index contributed by atoms with van der Waals surface area (Å²) in [6.07, 6.45) is 6.13. The minimum absolute atomic E-state index is 0.0150. The van der Waals surface area contributed by atoms with Gasteiger partial charge >= 0.3 is 0 Å². The van der Waals surface area contributed by atoms with E-state index in [0.717, 1.165) is 64.3 Å². The Morgan fingerprint density at radius 3 is 2.33 bits per heavy atom. The van der Waals surface area contributed by atoms with E-state index in [1.165, 1.54) is 17.0 Å². The molecule has 1 N–H and O–H groups in total. The van der Waals surface area contributed by atoms with E-state index in [9.17, 15) is 22.4 Å². The minimum atomic E-state index is -3.99. The first-order valence-electron chi connectivity index (χ1n) is 13.8. The van der Waals surface area contributed by atoms with Gasteiger partial charge in [0.2, 0.25) is 21.8 Å². The van der Waals surface area contributed by atoms with Gasteiger partial charge in [0.05, 0.1) is 17.0 Å². The largest absolute Gasteiger partial charge is 0.352 e. The van der Waals surface area contributed by atoms with Crippen molar-refractivity contribution in [1.82, 2.24) is 10.2 Å². The van der Waals surface area contributed by atoms with Gasteiger partial charge in [0.15, 0.2) is 0 Å². The number of anilines is 1. The van der Waals surface area contributed by atoms with Crippen LogP contribution in [0, 0.1) is 5.82 Å². The Balaban J connectivity index is 1.73. The van der Waals surface area contributed by atoms with E-state index in [-0.39, 0.29) is 35.6 Å². The summed E-state index contributed by atoms with van der Waals surface area (Å²) in [5.41, 5.74) is 1.67. The van der Waals surface area contributed by atoms with Gasteiger partial charge in [-0.1, -0.05) is 89.3 Å². The second-order valence-electron chi connectivity index (χ2n) is 10.6. The standard InChI is InChI=1S/C31H34BrClFN3O4S/c1-42(40,41)37(26-15-16-28(34)27(33)19-26)21-30(38)36(20-23-11-8-12-24(32)17-23)29(18-22-9-4-2-5-10-22)31(39)35-25-13-6-3-7-14-25/h2,4-5,8-12,15-17,19,25,29H,3,6-7,13-14,18,20-21H2,1H3,(H,35,39). The van der Waals surface area contributed by atoms with E-state index in [0.29, 0.717) is 0 Å². The second kappa shape index (κ2) is 14.5. The lowest BCUT2D eigenvalue weighted by Crippen LogP contribution is -2.55. The molecule has 4 rings (SSSR count). The highest BCUT2D eigenvalue weighted by Gasteiger charge is 2.34. The minimum Gasteiger partial charge on any atom is -0.352 e. The lowest BCUT2D eigenvalue weighted by atomic mass is 9.94. The van der Waals surface area contributed by atoms with Crippen LogP contribution < -0.4 is 9.62 Å².